The topological polar surface area (TPSA) is 20.7 Å². The fourth-order valence-electron chi connectivity index (χ4n) is 3.94. The molecule has 0 spiro atoms. The number of H-pyrrole nitrogens is 1. The van der Waals surface area contributed by atoms with Gasteiger partial charge in [-0.3, -0.25) is 0 Å². The Bertz CT molecular complexity index is 1010. The largest absolute Gasteiger partial charge is 0.353 e. The van der Waals surface area contributed by atoms with Gasteiger partial charge < -0.3 is 9.55 Å². The molecule has 0 atom stereocenters. The van der Waals surface area contributed by atoms with Gasteiger partial charge in [-0.2, -0.15) is 0 Å². The van der Waals surface area contributed by atoms with Crippen LogP contribution in [0.25, 0.3) is 27.5 Å². The highest BCUT2D eigenvalue weighted by Crippen LogP contribution is 2.47. The summed E-state index contributed by atoms with van der Waals surface area (Å²) in [6, 6.07) is 17.3. The summed E-state index contributed by atoms with van der Waals surface area (Å²) in [5, 5.41) is 2.63. The van der Waals surface area contributed by atoms with Gasteiger partial charge in [-0.1, -0.05) is 50.2 Å². The van der Waals surface area contributed by atoms with Crippen molar-refractivity contribution in [3.8, 4) is 5.69 Å². The van der Waals surface area contributed by atoms with E-state index in [-0.39, 0.29) is 5.41 Å². The normalized spacial score (nSPS) is 15.5. The number of fused-ring (bicyclic) bond motifs is 7. The van der Waals surface area contributed by atoms with E-state index in [0.29, 0.717) is 0 Å². The van der Waals surface area contributed by atoms with Crippen LogP contribution in [-0.2, 0) is 5.41 Å². The van der Waals surface area contributed by atoms with Crippen molar-refractivity contribution < 1.29 is 0 Å². The smallest absolute Gasteiger partial charge is 0.0690 e. The summed E-state index contributed by atoms with van der Waals surface area (Å²) < 4.78 is 2.36. The molecule has 2 heteroatoms. The number of benzene rings is 2. The molecule has 0 bridgehead atoms. The lowest BCUT2D eigenvalue weighted by molar-refractivity contribution is 0.647. The fourth-order valence-corrected chi connectivity index (χ4v) is 3.94. The van der Waals surface area contributed by atoms with E-state index < -0.39 is 0 Å². The molecule has 0 radical (unpaired) electrons. The predicted molar refractivity (Wildman–Crippen MR) is 87.3 cm³/mol. The molecule has 0 saturated heterocycles. The van der Waals surface area contributed by atoms with Crippen LogP contribution in [0, 0.1) is 0 Å². The quantitative estimate of drug-likeness (QED) is 0.477. The van der Waals surface area contributed by atoms with E-state index in [1.807, 2.05) is 0 Å². The van der Waals surface area contributed by atoms with Crippen LogP contribution < -0.4 is 0 Å². The molecule has 102 valence electrons. The van der Waals surface area contributed by atoms with Gasteiger partial charge in [0.2, 0.25) is 0 Å². The van der Waals surface area contributed by atoms with E-state index in [9.17, 15) is 0 Å². The summed E-state index contributed by atoms with van der Waals surface area (Å²) in [7, 11) is 0. The van der Waals surface area contributed by atoms with Crippen LogP contribution in [0.4, 0.5) is 0 Å². The Morgan fingerprint density at radius 1 is 0.905 bits per heavy atom. The molecule has 2 aromatic heterocycles. The van der Waals surface area contributed by atoms with E-state index in [4.69, 9.17) is 0 Å². The molecule has 1 N–H and O–H groups in total. The molecule has 21 heavy (non-hydrogen) atoms. The van der Waals surface area contributed by atoms with Crippen molar-refractivity contribution in [3.05, 3.63) is 66.0 Å². The molecule has 2 nitrogen and oxygen atoms in total. The SMILES string of the molecule is CC1(C)c2ccccc2-n2cc3c([nH]c4ccccc43)c21. The molecule has 1 aliphatic rings. The zero-order valence-corrected chi connectivity index (χ0v) is 12.1. The van der Waals surface area contributed by atoms with Crippen molar-refractivity contribution in [2.24, 2.45) is 0 Å². The Morgan fingerprint density at radius 2 is 1.67 bits per heavy atom. The number of hydrogen-bond acceptors (Lipinski definition) is 0. The number of nitrogens with zero attached hydrogens (tertiary/aromatic N) is 1. The lowest BCUT2D eigenvalue weighted by Gasteiger charge is -2.19. The number of rotatable bonds is 0. The minimum atomic E-state index is 0.0270. The molecular weight excluding hydrogens is 256 g/mol. The monoisotopic (exact) mass is 272 g/mol. The summed E-state index contributed by atoms with van der Waals surface area (Å²) >= 11 is 0. The summed E-state index contributed by atoms with van der Waals surface area (Å²) in [6.45, 7) is 4.63. The minimum Gasteiger partial charge on any atom is -0.353 e. The van der Waals surface area contributed by atoms with Gasteiger partial charge in [0.1, 0.15) is 0 Å². The third-order valence-electron chi connectivity index (χ3n) is 4.91. The van der Waals surface area contributed by atoms with Gasteiger partial charge in [-0.05, 0) is 17.7 Å². The highest BCUT2D eigenvalue weighted by molar-refractivity contribution is 6.09. The van der Waals surface area contributed by atoms with Gasteiger partial charge in [0.05, 0.1) is 11.2 Å². The van der Waals surface area contributed by atoms with Crippen molar-refractivity contribution in [1.82, 2.24) is 9.55 Å². The van der Waals surface area contributed by atoms with Gasteiger partial charge >= 0.3 is 0 Å². The first-order chi connectivity index (χ1) is 10.2. The van der Waals surface area contributed by atoms with E-state index in [1.54, 1.807) is 0 Å². The van der Waals surface area contributed by atoms with E-state index in [2.05, 4.69) is 78.1 Å². The highest BCUT2D eigenvalue weighted by atomic mass is 15.0. The molecule has 0 fully saturated rings. The number of aromatic nitrogens is 2. The maximum atomic E-state index is 3.63. The maximum Gasteiger partial charge on any atom is 0.0690 e. The van der Waals surface area contributed by atoms with Crippen LogP contribution in [0.5, 0.6) is 0 Å². The van der Waals surface area contributed by atoms with Gasteiger partial charge in [-0.25, -0.2) is 0 Å². The van der Waals surface area contributed by atoms with Gasteiger partial charge in [0.25, 0.3) is 0 Å². The van der Waals surface area contributed by atoms with E-state index >= 15 is 0 Å². The number of hydrogen-bond donors (Lipinski definition) is 1. The van der Waals surface area contributed by atoms with Gasteiger partial charge in [0.15, 0.2) is 0 Å². The van der Waals surface area contributed by atoms with Crippen molar-refractivity contribution in [2.45, 2.75) is 19.3 Å². The number of aromatic amines is 1. The maximum absolute atomic E-state index is 3.63. The molecule has 0 aliphatic carbocycles. The molecule has 5 rings (SSSR count). The first kappa shape index (κ1) is 11.2. The van der Waals surface area contributed by atoms with Crippen LogP contribution >= 0.6 is 0 Å². The van der Waals surface area contributed by atoms with Crippen LogP contribution in [0.2, 0.25) is 0 Å². The molecule has 0 amide bonds. The van der Waals surface area contributed by atoms with E-state index in [1.165, 1.54) is 38.8 Å². The number of nitrogens with one attached hydrogen (secondary N) is 1. The lowest BCUT2D eigenvalue weighted by Crippen LogP contribution is -2.15. The first-order valence-electron chi connectivity index (χ1n) is 7.40. The zero-order chi connectivity index (χ0) is 14.2. The van der Waals surface area contributed by atoms with Crippen LogP contribution in [-0.4, -0.2) is 9.55 Å². The fraction of sp³-hybridized carbons (Fsp3) is 0.158. The second kappa shape index (κ2) is 3.40. The lowest BCUT2D eigenvalue weighted by atomic mass is 9.83. The third-order valence-corrected chi connectivity index (χ3v) is 4.91. The molecule has 0 unspecified atom stereocenters. The zero-order valence-electron chi connectivity index (χ0n) is 12.1. The Balaban J connectivity index is 1.99. The Kier molecular flexibility index (Phi) is 1.81. The van der Waals surface area contributed by atoms with Crippen molar-refractivity contribution in [2.75, 3.05) is 0 Å². The average molecular weight is 272 g/mol. The molecular formula is C19H16N2. The van der Waals surface area contributed by atoms with Crippen LogP contribution in [0.15, 0.2) is 54.7 Å². The molecule has 1 aliphatic heterocycles. The summed E-state index contributed by atoms with van der Waals surface area (Å²) in [5.41, 5.74) is 6.61. The predicted octanol–water partition coefficient (Wildman–Crippen LogP) is 4.75. The third kappa shape index (κ3) is 1.19. The average Bonchev–Trinajstić information content (AvgIpc) is 3.08. The molecule has 2 aromatic carbocycles. The Morgan fingerprint density at radius 3 is 2.57 bits per heavy atom. The van der Waals surface area contributed by atoms with Crippen molar-refractivity contribution in [3.63, 3.8) is 0 Å². The van der Waals surface area contributed by atoms with E-state index in [0.717, 1.165) is 0 Å². The highest BCUT2D eigenvalue weighted by Gasteiger charge is 2.38. The molecule has 0 saturated carbocycles. The Labute approximate surface area is 123 Å². The summed E-state index contributed by atoms with van der Waals surface area (Å²) in [6.07, 6.45) is 2.29. The molecule has 4 aromatic rings. The second-order valence-corrected chi connectivity index (χ2v) is 6.45. The van der Waals surface area contributed by atoms with Crippen LogP contribution in [0.1, 0.15) is 25.1 Å². The first-order valence-corrected chi connectivity index (χ1v) is 7.40. The van der Waals surface area contributed by atoms with Crippen molar-refractivity contribution in [1.29, 1.82) is 0 Å². The summed E-state index contributed by atoms with van der Waals surface area (Å²) in [4.78, 5) is 3.63. The number of para-hydroxylation sites is 2. The van der Waals surface area contributed by atoms with Crippen molar-refractivity contribution >= 4 is 21.8 Å². The molecule has 3 heterocycles. The summed E-state index contributed by atoms with van der Waals surface area (Å²) in [5.74, 6) is 0. The van der Waals surface area contributed by atoms with Crippen LogP contribution in [0.3, 0.4) is 0 Å². The van der Waals surface area contributed by atoms with Gasteiger partial charge in [-0.15, -0.1) is 0 Å². The standard InChI is InChI=1S/C19H16N2/c1-19(2)14-8-4-6-10-16(14)21-11-13-12-7-3-5-9-15(12)20-17(13)18(19)21/h3-11,20H,1-2H3. The minimum absolute atomic E-state index is 0.0270. The van der Waals surface area contributed by atoms with Gasteiger partial charge in [0, 0.05) is 33.6 Å². The Hall–Kier alpha value is -2.48. The second-order valence-electron chi connectivity index (χ2n) is 6.45.